The lowest BCUT2D eigenvalue weighted by Gasteiger charge is -2.04. The molecule has 2 aromatic heterocycles. The average Bonchev–Trinajstić information content (AvgIpc) is 2.56. The Morgan fingerprint density at radius 1 is 1.40 bits per heavy atom. The van der Waals surface area contributed by atoms with Crippen LogP contribution in [0.3, 0.4) is 0 Å². The fourth-order valence-corrected chi connectivity index (χ4v) is 1.76. The predicted molar refractivity (Wildman–Crippen MR) is 64.9 cm³/mol. The number of halogens is 1. The average molecular weight is 268 g/mol. The number of aromatic nitrogens is 2. The van der Waals surface area contributed by atoms with E-state index in [9.17, 15) is 0 Å². The van der Waals surface area contributed by atoms with Crippen LogP contribution >= 0.6 is 15.9 Å². The summed E-state index contributed by atoms with van der Waals surface area (Å²) in [6.45, 7) is 5.08. The van der Waals surface area contributed by atoms with Gasteiger partial charge in [-0.3, -0.25) is 0 Å². The first-order valence-corrected chi connectivity index (χ1v) is 5.81. The van der Waals surface area contributed by atoms with Crippen molar-refractivity contribution >= 4 is 21.6 Å². The Hall–Kier alpha value is -0.870. The Balaban J connectivity index is 2.23. The summed E-state index contributed by atoms with van der Waals surface area (Å²) < 4.78 is 3.09. The molecule has 0 bridgehead atoms. The molecule has 4 heteroatoms. The summed E-state index contributed by atoms with van der Waals surface area (Å²) in [7, 11) is 0. The second kappa shape index (κ2) is 4.33. The van der Waals surface area contributed by atoms with E-state index in [1.807, 2.05) is 22.7 Å². The highest BCUT2D eigenvalue weighted by Crippen LogP contribution is 2.12. The monoisotopic (exact) mass is 267 g/mol. The van der Waals surface area contributed by atoms with E-state index < -0.39 is 0 Å². The molecule has 2 aromatic rings. The van der Waals surface area contributed by atoms with Crippen LogP contribution < -0.4 is 5.32 Å². The van der Waals surface area contributed by atoms with Crippen molar-refractivity contribution in [2.45, 2.75) is 26.4 Å². The normalized spacial score (nSPS) is 11.5. The van der Waals surface area contributed by atoms with E-state index in [4.69, 9.17) is 0 Å². The van der Waals surface area contributed by atoms with Crippen LogP contribution in [-0.4, -0.2) is 15.4 Å². The van der Waals surface area contributed by atoms with Crippen molar-refractivity contribution in [1.82, 2.24) is 14.7 Å². The lowest BCUT2D eigenvalue weighted by Crippen LogP contribution is -2.21. The summed E-state index contributed by atoms with van der Waals surface area (Å²) in [6.07, 6.45) is 4.07. The van der Waals surface area contributed by atoms with Gasteiger partial charge in [0.15, 0.2) is 0 Å². The van der Waals surface area contributed by atoms with E-state index >= 15 is 0 Å². The van der Waals surface area contributed by atoms with Crippen molar-refractivity contribution in [3.8, 4) is 0 Å². The molecule has 3 nitrogen and oxygen atoms in total. The highest BCUT2D eigenvalue weighted by molar-refractivity contribution is 9.10. The smallest absolute Gasteiger partial charge is 0.137 e. The molecule has 15 heavy (non-hydrogen) atoms. The number of hydrogen-bond acceptors (Lipinski definition) is 2. The van der Waals surface area contributed by atoms with Gasteiger partial charge in [-0.1, -0.05) is 13.8 Å². The quantitative estimate of drug-likeness (QED) is 0.927. The van der Waals surface area contributed by atoms with E-state index in [0.717, 1.165) is 22.4 Å². The fraction of sp³-hybridized carbons (Fsp3) is 0.364. The van der Waals surface area contributed by atoms with E-state index in [1.165, 1.54) is 0 Å². The molecular formula is C11H14BrN3. The highest BCUT2D eigenvalue weighted by atomic mass is 79.9. The standard InChI is InChI=1S/C11H14BrN3/c1-8(2)13-5-10-7-15-6-9(12)3-4-11(15)14-10/h3-4,6-8,13H,5H2,1-2H3. The van der Waals surface area contributed by atoms with Crippen LogP contribution in [0.2, 0.25) is 0 Å². The minimum absolute atomic E-state index is 0.488. The van der Waals surface area contributed by atoms with Gasteiger partial charge in [0.2, 0.25) is 0 Å². The van der Waals surface area contributed by atoms with Gasteiger partial charge >= 0.3 is 0 Å². The Kier molecular flexibility index (Phi) is 3.07. The van der Waals surface area contributed by atoms with Gasteiger partial charge in [-0.2, -0.15) is 0 Å². The third-order valence-electron chi connectivity index (χ3n) is 2.16. The molecule has 2 heterocycles. The first kappa shape index (κ1) is 10.6. The Bertz CT molecular complexity index is 462. The van der Waals surface area contributed by atoms with Gasteiger partial charge in [0, 0.05) is 29.5 Å². The van der Waals surface area contributed by atoms with Gasteiger partial charge < -0.3 is 9.72 Å². The summed E-state index contributed by atoms with van der Waals surface area (Å²) >= 11 is 3.44. The zero-order chi connectivity index (χ0) is 10.8. The zero-order valence-corrected chi connectivity index (χ0v) is 10.5. The van der Waals surface area contributed by atoms with Gasteiger partial charge in [0.05, 0.1) is 5.69 Å². The van der Waals surface area contributed by atoms with Gasteiger partial charge in [0.1, 0.15) is 5.65 Å². The van der Waals surface area contributed by atoms with Crippen molar-refractivity contribution < 1.29 is 0 Å². The molecule has 1 N–H and O–H groups in total. The van der Waals surface area contributed by atoms with Gasteiger partial charge in [-0.25, -0.2) is 4.98 Å². The van der Waals surface area contributed by atoms with Crippen LogP contribution in [0.15, 0.2) is 29.0 Å². The van der Waals surface area contributed by atoms with E-state index in [2.05, 4.69) is 46.3 Å². The minimum Gasteiger partial charge on any atom is -0.309 e. The molecule has 0 aliphatic rings. The minimum atomic E-state index is 0.488. The predicted octanol–water partition coefficient (Wildman–Crippen LogP) is 2.59. The van der Waals surface area contributed by atoms with Crippen molar-refractivity contribution in [3.63, 3.8) is 0 Å². The van der Waals surface area contributed by atoms with Crippen LogP contribution in [0.1, 0.15) is 19.5 Å². The number of imidazole rings is 1. The third kappa shape index (κ3) is 2.58. The fourth-order valence-electron chi connectivity index (χ4n) is 1.41. The van der Waals surface area contributed by atoms with E-state index in [1.54, 1.807) is 0 Å². The molecule has 0 atom stereocenters. The Morgan fingerprint density at radius 2 is 2.20 bits per heavy atom. The van der Waals surface area contributed by atoms with Gasteiger partial charge in [-0.05, 0) is 28.1 Å². The van der Waals surface area contributed by atoms with Crippen LogP contribution in [0.25, 0.3) is 5.65 Å². The maximum atomic E-state index is 4.51. The molecule has 0 unspecified atom stereocenters. The molecule has 0 fully saturated rings. The van der Waals surface area contributed by atoms with Gasteiger partial charge in [-0.15, -0.1) is 0 Å². The molecule has 0 saturated heterocycles. The van der Waals surface area contributed by atoms with Crippen molar-refractivity contribution in [2.75, 3.05) is 0 Å². The van der Waals surface area contributed by atoms with E-state index in [0.29, 0.717) is 6.04 Å². The molecule has 0 spiro atoms. The SMILES string of the molecule is CC(C)NCc1cn2cc(Br)ccc2n1. The molecule has 0 aliphatic carbocycles. The molecule has 80 valence electrons. The first-order valence-electron chi connectivity index (χ1n) is 5.01. The molecule has 0 aliphatic heterocycles. The second-order valence-electron chi connectivity index (χ2n) is 3.88. The molecular weight excluding hydrogens is 254 g/mol. The molecule has 0 radical (unpaired) electrons. The Labute approximate surface area is 97.6 Å². The first-order chi connectivity index (χ1) is 7.15. The van der Waals surface area contributed by atoms with Crippen LogP contribution in [0.4, 0.5) is 0 Å². The largest absolute Gasteiger partial charge is 0.309 e. The number of nitrogens with one attached hydrogen (secondary N) is 1. The van der Waals surface area contributed by atoms with Gasteiger partial charge in [0.25, 0.3) is 0 Å². The summed E-state index contributed by atoms with van der Waals surface area (Å²) in [5, 5.41) is 3.35. The second-order valence-corrected chi connectivity index (χ2v) is 4.80. The van der Waals surface area contributed by atoms with E-state index in [-0.39, 0.29) is 0 Å². The third-order valence-corrected chi connectivity index (χ3v) is 2.63. The topological polar surface area (TPSA) is 29.3 Å². The summed E-state index contributed by atoms with van der Waals surface area (Å²) in [4.78, 5) is 4.51. The lowest BCUT2D eigenvalue weighted by atomic mass is 10.3. The highest BCUT2D eigenvalue weighted by Gasteiger charge is 2.02. The summed E-state index contributed by atoms with van der Waals surface area (Å²) in [5.74, 6) is 0. The number of nitrogens with zero attached hydrogens (tertiary/aromatic N) is 2. The number of pyridine rings is 1. The molecule has 2 rings (SSSR count). The number of rotatable bonds is 3. The van der Waals surface area contributed by atoms with Crippen LogP contribution in [-0.2, 0) is 6.54 Å². The molecule has 0 saturated carbocycles. The maximum Gasteiger partial charge on any atom is 0.137 e. The summed E-state index contributed by atoms with van der Waals surface area (Å²) in [5.41, 5.74) is 2.06. The molecule has 0 amide bonds. The maximum absolute atomic E-state index is 4.51. The summed E-state index contributed by atoms with van der Waals surface area (Å²) in [6, 6.07) is 4.49. The number of hydrogen-bond donors (Lipinski definition) is 1. The van der Waals surface area contributed by atoms with Crippen molar-refractivity contribution in [2.24, 2.45) is 0 Å². The van der Waals surface area contributed by atoms with Crippen molar-refractivity contribution in [3.05, 3.63) is 34.7 Å². The zero-order valence-electron chi connectivity index (χ0n) is 8.87. The van der Waals surface area contributed by atoms with Crippen LogP contribution in [0.5, 0.6) is 0 Å². The number of fused-ring (bicyclic) bond motifs is 1. The molecule has 0 aromatic carbocycles. The van der Waals surface area contributed by atoms with Crippen molar-refractivity contribution in [1.29, 1.82) is 0 Å². The van der Waals surface area contributed by atoms with Crippen LogP contribution in [0, 0.1) is 0 Å². The lowest BCUT2D eigenvalue weighted by molar-refractivity contribution is 0.583. The Morgan fingerprint density at radius 3 is 2.93 bits per heavy atom.